The number of carboxylic acids is 1. The lowest BCUT2D eigenvalue weighted by atomic mass is 9.33. The van der Waals surface area contributed by atoms with Gasteiger partial charge in [-0.1, -0.05) is 46.3 Å². The molecule has 5 aliphatic carbocycles. The summed E-state index contributed by atoms with van der Waals surface area (Å²) < 4.78 is 55.0. The van der Waals surface area contributed by atoms with Crippen LogP contribution >= 0.6 is 0 Å². The fraction of sp³-hybridized carbons (Fsp3) is 0.927. The number of aliphatic hydroxyl groups is 12. The summed E-state index contributed by atoms with van der Waals surface area (Å²) in [4.78, 5) is 26.0. The van der Waals surface area contributed by atoms with Crippen LogP contribution < -0.4 is 0 Å². The molecule has 0 aromatic rings. The summed E-state index contributed by atoms with van der Waals surface area (Å²) in [5.41, 5.74) is -1.01. The Kier molecular flexibility index (Phi) is 16.1. The lowest BCUT2D eigenvalue weighted by molar-refractivity contribution is -0.429. The molecule has 30 atom stereocenters. The van der Waals surface area contributed by atoms with E-state index in [1.54, 1.807) is 0 Å². The highest BCUT2D eigenvalue weighted by atomic mass is 16.8. The number of carbonyl (C=O) groups excluding carboxylic acids is 1. The molecule has 24 nitrogen and oxygen atoms in total. The Balaban J connectivity index is 0.946. The molecule has 9 fully saturated rings. The van der Waals surface area contributed by atoms with E-state index in [4.69, 9.17) is 42.6 Å². The molecule has 0 aromatic carbocycles. The monoisotopic (exact) mass is 1130 g/mol. The van der Waals surface area contributed by atoms with Gasteiger partial charge in [-0.05, 0) is 99.2 Å². The molecule has 5 aliphatic heterocycles. The lowest BCUT2D eigenvalue weighted by Crippen LogP contribution is -2.69. The second-order valence-electron chi connectivity index (χ2n) is 26.7. The number of ether oxygens (including phenoxy) is 9. The molecule has 4 saturated carbocycles. The Labute approximate surface area is 458 Å². The van der Waals surface area contributed by atoms with Crippen LogP contribution in [0.5, 0.6) is 0 Å². The summed E-state index contributed by atoms with van der Waals surface area (Å²) in [6.45, 7) is 11.9. The second kappa shape index (κ2) is 21.1. The van der Waals surface area contributed by atoms with Crippen molar-refractivity contribution in [2.75, 3.05) is 26.4 Å². The van der Waals surface area contributed by atoms with E-state index in [9.17, 15) is 76.0 Å². The van der Waals surface area contributed by atoms with Gasteiger partial charge in [0.1, 0.15) is 73.2 Å². The predicted molar refractivity (Wildman–Crippen MR) is 266 cm³/mol. The van der Waals surface area contributed by atoms with E-state index in [2.05, 4.69) is 33.8 Å². The van der Waals surface area contributed by atoms with Crippen molar-refractivity contribution >= 4 is 11.9 Å². The third kappa shape index (κ3) is 9.31. The molecule has 10 unspecified atom stereocenters. The fourth-order valence-electron chi connectivity index (χ4n) is 17.2. The first-order chi connectivity index (χ1) is 37.0. The summed E-state index contributed by atoms with van der Waals surface area (Å²) in [6.07, 6.45) is -25.4. The van der Waals surface area contributed by atoms with E-state index >= 15 is 0 Å². The third-order valence-corrected chi connectivity index (χ3v) is 22.4. The molecule has 5 saturated heterocycles. The van der Waals surface area contributed by atoms with Crippen LogP contribution in [0.4, 0.5) is 0 Å². The van der Waals surface area contributed by atoms with Crippen LogP contribution in [0.3, 0.4) is 0 Å². The smallest absolute Gasteiger partial charge is 0.335 e. The van der Waals surface area contributed by atoms with Crippen LogP contribution in [-0.2, 0) is 52.2 Å². The minimum atomic E-state index is -2.77. The van der Waals surface area contributed by atoms with Gasteiger partial charge in [-0.25, -0.2) is 4.79 Å². The van der Waals surface area contributed by atoms with Crippen molar-refractivity contribution in [3.63, 3.8) is 0 Å². The van der Waals surface area contributed by atoms with Gasteiger partial charge in [-0.2, -0.15) is 0 Å². The van der Waals surface area contributed by atoms with Crippen molar-refractivity contribution in [1.82, 2.24) is 0 Å². The Morgan fingerprint density at radius 3 is 2.04 bits per heavy atom. The van der Waals surface area contributed by atoms with Crippen molar-refractivity contribution in [1.29, 1.82) is 0 Å². The van der Waals surface area contributed by atoms with E-state index in [0.717, 1.165) is 38.5 Å². The lowest BCUT2D eigenvalue weighted by Gasteiger charge is -2.71. The molecule has 0 spiro atoms. The summed E-state index contributed by atoms with van der Waals surface area (Å²) in [5.74, 6) is -4.35. The zero-order chi connectivity index (χ0) is 57.5. The van der Waals surface area contributed by atoms with E-state index < -0.39 is 165 Å². The quantitative estimate of drug-likeness (QED) is 0.0430. The number of allylic oxidation sites excluding steroid dienone is 2. The van der Waals surface area contributed by atoms with Gasteiger partial charge in [0.05, 0.1) is 50.2 Å². The molecule has 0 aromatic heterocycles. The number of hydrogen-bond donors (Lipinski definition) is 13. The van der Waals surface area contributed by atoms with Gasteiger partial charge < -0.3 is 109 Å². The third-order valence-electron chi connectivity index (χ3n) is 22.4. The van der Waals surface area contributed by atoms with Gasteiger partial charge in [0, 0.05) is 23.7 Å². The van der Waals surface area contributed by atoms with Crippen LogP contribution in [0.15, 0.2) is 11.6 Å². The topological polar surface area (TPSA) is 380 Å². The van der Waals surface area contributed by atoms with Crippen LogP contribution in [0.25, 0.3) is 0 Å². The number of esters is 1. The Hall–Kier alpha value is -2.12. The average molecular weight is 1130 g/mol. The maximum absolute atomic E-state index is 13.3. The molecule has 5 heterocycles. The van der Waals surface area contributed by atoms with Crippen molar-refractivity contribution < 1.29 is 119 Å². The predicted octanol–water partition coefficient (Wildman–Crippen LogP) is -1.53. The highest BCUT2D eigenvalue weighted by Gasteiger charge is 2.72. The molecule has 450 valence electrons. The summed E-state index contributed by atoms with van der Waals surface area (Å²) >= 11 is 0. The van der Waals surface area contributed by atoms with Crippen molar-refractivity contribution in [3.8, 4) is 0 Å². The van der Waals surface area contributed by atoms with Crippen molar-refractivity contribution in [2.24, 2.45) is 50.2 Å². The molecule has 24 heteroatoms. The maximum Gasteiger partial charge on any atom is 0.335 e. The molecule has 10 rings (SSSR count). The minimum absolute atomic E-state index is 0.101. The van der Waals surface area contributed by atoms with Gasteiger partial charge in [0.2, 0.25) is 0 Å². The van der Waals surface area contributed by atoms with Crippen molar-refractivity contribution in [3.05, 3.63) is 11.6 Å². The summed E-state index contributed by atoms with van der Waals surface area (Å²) in [5, 5.41) is 143. The van der Waals surface area contributed by atoms with Gasteiger partial charge >= 0.3 is 11.9 Å². The number of hydrogen-bond acceptors (Lipinski definition) is 23. The van der Waals surface area contributed by atoms with Gasteiger partial charge in [-0.3, -0.25) is 4.79 Å². The first kappa shape index (κ1) is 60.0. The Bertz CT molecular complexity index is 2290. The zero-order valence-corrected chi connectivity index (χ0v) is 46.1. The Morgan fingerprint density at radius 1 is 0.671 bits per heavy atom. The molecule has 13 N–H and O–H groups in total. The number of fused-ring (bicyclic) bond motifs is 10. The minimum Gasteiger partial charge on any atom is -0.479 e. The summed E-state index contributed by atoms with van der Waals surface area (Å²) in [6, 6.07) is 0. The summed E-state index contributed by atoms with van der Waals surface area (Å²) in [7, 11) is 0. The van der Waals surface area contributed by atoms with Crippen LogP contribution in [0, 0.1) is 50.2 Å². The molecule has 10 aliphatic rings. The first-order valence-electron chi connectivity index (χ1n) is 28.3. The van der Waals surface area contributed by atoms with Crippen LogP contribution in [0.2, 0.25) is 0 Å². The van der Waals surface area contributed by atoms with Crippen molar-refractivity contribution in [2.45, 2.75) is 241 Å². The fourth-order valence-corrected chi connectivity index (χ4v) is 17.2. The molecular weight excluding hydrogens is 1040 g/mol. The number of carboxylic acid groups (broad SMARTS) is 1. The Morgan fingerprint density at radius 2 is 1.37 bits per heavy atom. The van der Waals surface area contributed by atoms with Gasteiger partial charge in [0.15, 0.2) is 36.9 Å². The number of aliphatic carboxylic acids is 1. The zero-order valence-electron chi connectivity index (χ0n) is 46.1. The highest BCUT2D eigenvalue weighted by molar-refractivity contribution is 5.79. The van der Waals surface area contributed by atoms with E-state index in [0.29, 0.717) is 19.3 Å². The molecule has 0 amide bonds. The standard InChI is InChI=1S/C55H86O24/c1-23-33(59)36(62)40(66)45(72-23)79-43-47(73-24(19-56)16-55(43,70)71-21-28-35(61)37(63)34(60)27(20-57)74-28)78-42-39(65)38(64)41(44(67)68)77-46(42)75-31-11-12-51(4)29(52(31,5)22-58)10-13-54(7)30(51)9-8-25-26-17-49(2)18-32(76-48(49)69)50(26,3)14-15-53(25,54)6/h8,23-24,26-43,45-47,56-66,70H,9-22H2,1-7H3,(H,67,68)/t23-,24?,26?,27+,28-,29?,30?,31-,32?,33-,34+,35-,36+,37-,38-,39-,40+,41?,42?,43-,45?,46?,47?,49+,50+,51-,52+,53+,54+,55-/m0/s1. The largest absolute Gasteiger partial charge is 0.479 e. The first-order valence-corrected chi connectivity index (χ1v) is 28.3. The van der Waals surface area contributed by atoms with Gasteiger partial charge in [0.25, 0.3) is 0 Å². The SMILES string of the molecule is C[C@@H]1OC(O[C@H]2C(OC3C(O[C@H]4CC[C@@]5(C)C(CC[C@]6(C)C5CC=C5C7C[C@]8(C)CC(OC8=O)[C@]7(C)CC[C@]56C)[C@@]4(C)CO)OC(C(=O)O)[C@@H](O)[C@@H]3O)OC(CO)C[C@]2(O)OC[C@@H]2O[C@H](CO)[C@@H](O)[C@H](O)[C@H]2O)[C@H](O)[C@H](O)[C@H]1O. The maximum atomic E-state index is 13.3. The average Bonchev–Trinajstić information content (AvgIpc) is 3.18. The molecule has 0 radical (unpaired) electrons. The van der Waals surface area contributed by atoms with Gasteiger partial charge in [-0.15, -0.1) is 0 Å². The van der Waals surface area contributed by atoms with E-state index in [1.807, 2.05) is 13.8 Å². The molecule has 79 heavy (non-hydrogen) atoms. The van der Waals surface area contributed by atoms with E-state index in [-0.39, 0.29) is 58.1 Å². The van der Waals surface area contributed by atoms with E-state index in [1.165, 1.54) is 12.5 Å². The number of carbonyl (C=O) groups is 2. The molecule has 2 bridgehead atoms. The van der Waals surface area contributed by atoms with Crippen LogP contribution in [0.1, 0.15) is 113 Å². The molecular formula is C55H86O24. The normalized spacial score (nSPS) is 56.3. The second-order valence-corrected chi connectivity index (χ2v) is 26.7. The highest BCUT2D eigenvalue weighted by Crippen LogP contribution is 2.76. The number of aliphatic hydroxyl groups excluding tert-OH is 11. The van der Waals surface area contributed by atoms with Crippen LogP contribution in [-0.4, -0.2) is 233 Å². The number of rotatable bonds is 13.